The zero-order chi connectivity index (χ0) is 43.0. The predicted octanol–water partition coefficient (Wildman–Crippen LogP) is 9.98. The van der Waals surface area contributed by atoms with E-state index in [4.69, 9.17) is 19.3 Å². The topological polar surface area (TPSA) is 188 Å². The van der Waals surface area contributed by atoms with Crippen molar-refractivity contribution < 1.29 is 42.5 Å². The van der Waals surface area contributed by atoms with Crippen LogP contribution in [0.2, 0.25) is 0 Å². The van der Waals surface area contributed by atoms with E-state index in [1.807, 2.05) is 34.6 Å². The van der Waals surface area contributed by atoms with Gasteiger partial charge in [0.05, 0.1) is 30.3 Å². The molecular weight excluding hydrogens is 861 g/mol. The number of nitrogens with zero attached hydrogens (tertiary/aromatic N) is 3. The lowest BCUT2D eigenvalue weighted by atomic mass is 10.1. The summed E-state index contributed by atoms with van der Waals surface area (Å²) in [7, 11) is 1.00. The summed E-state index contributed by atoms with van der Waals surface area (Å²) in [6.45, 7) is 11.8. The Morgan fingerprint density at radius 1 is 0.714 bits per heavy atom. The number of amides is 5. The van der Waals surface area contributed by atoms with Gasteiger partial charge in [0, 0.05) is 67.2 Å². The first-order chi connectivity index (χ1) is 28.2. The summed E-state index contributed by atoms with van der Waals surface area (Å²) in [5.74, 6) is -0.336. The molecule has 0 bridgehead atoms. The highest BCUT2D eigenvalue weighted by Gasteiger charge is 2.29. The van der Waals surface area contributed by atoms with Crippen LogP contribution in [0.25, 0.3) is 0 Å². The van der Waals surface area contributed by atoms with Gasteiger partial charge in [-0.2, -0.15) is 0 Å². The first-order valence-corrected chi connectivity index (χ1v) is 19.2. The average molecular weight is 926 g/mol. The fourth-order valence-electron chi connectivity index (χ4n) is 5.91. The number of anilines is 4. The first kappa shape index (κ1) is 57.5. The molecular formula is C44H64Cl2F2N8O7. The Labute approximate surface area is 382 Å². The second-order valence-electron chi connectivity index (χ2n) is 14.8. The number of aliphatic hydroxyl groups is 1. The minimum Gasteiger partial charge on any atom is -0.489 e. The average Bonchev–Trinajstić information content (AvgIpc) is 3.17. The van der Waals surface area contributed by atoms with Gasteiger partial charge in [0.2, 0.25) is 0 Å². The summed E-state index contributed by atoms with van der Waals surface area (Å²) in [6.07, 6.45) is 5.82. The number of urea groups is 2. The van der Waals surface area contributed by atoms with E-state index in [1.54, 1.807) is 47.5 Å². The molecule has 0 radical (unpaired) electrons. The highest BCUT2D eigenvalue weighted by atomic mass is 35.5. The van der Waals surface area contributed by atoms with Gasteiger partial charge in [-0.15, -0.1) is 24.8 Å². The van der Waals surface area contributed by atoms with Crippen LogP contribution in [-0.2, 0) is 4.74 Å². The number of benzene rings is 2. The van der Waals surface area contributed by atoms with Crippen molar-refractivity contribution in [3.63, 3.8) is 0 Å². The van der Waals surface area contributed by atoms with Gasteiger partial charge in [-0.25, -0.2) is 23.2 Å². The van der Waals surface area contributed by atoms with Crippen molar-refractivity contribution in [1.29, 1.82) is 0 Å². The van der Waals surface area contributed by atoms with Crippen LogP contribution in [0.5, 0.6) is 11.5 Å². The summed E-state index contributed by atoms with van der Waals surface area (Å²) < 4.78 is 45.1. The summed E-state index contributed by atoms with van der Waals surface area (Å²) in [4.78, 5) is 46.4. The van der Waals surface area contributed by atoms with Gasteiger partial charge < -0.3 is 50.8 Å². The van der Waals surface area contributed by atoms with Gasteiger partial charge in [0.1, 0.15) is 40.9 Å². The molecule has 0 unspecified atom stereocenters. The molecule has 2 atom stereocenters. The van der Waals surface area contributed by atoms with Crippen molar-refractivity contribution in [3.8, 4) is 11.5 Å². The van der Waals surface area contributed by atoms with E-state index in [0.717, 1.165) is 57.3 Å². The Hall–Kier alpha value is -5.49. The number of pyridine rings is 2. The molecule has 2 fully saturated rings. The van der Waals surface area contributed by atoms with E-state index in [2.05, 4.69) is 36.6 Å². The number of aryl methyl sites for hydroxylation is 2. The van der Waals surface area contributed by atoms with E-state index in [0.29, 0.717) is 35.9 Å². The van der Waals surface area contributed by atoms with Gasteiger partial charge >= 0.3 is 18.2 Å². The Morgan fingerprint density at radius 2 is 1.17 bits per heavy atom. The van der Waals surface area contributed by atoms with Crippen LogP contribution in [0.15, 0.2) is 73.1 Å². The zero-order valence-corrected chi connectivity index (χ0v) is 36.7. The predicted molar refractivity (Wildman–Crippen MR) is 250 cm³/mol. The largest absolute Gasteiger partial charge is 0.489 e. The molecule has 350 valence electrons. The lowest BCUT2D eigenvalue weighted by molar-refractivity contribution is 0.00771. The van der Waals surface area contributed by atoms with Crippen molar-refractivity contribution in [3.05, 3.63) is 96.1 Å². The van der Waals surface area contributed by atoms with Gasteiger partial charge in [0.15, 0.2) is 0 Å². The Balaban J connectivity index is 0.00000113. The Kier molecular flexibility index (Phi) is 25.8. The zero-order valence-electron chi connectivity index (χ0n) is 35.1. The number of ether oxygens (including phenoxy) is 3. The smallest absolute Gasteiger partial charge is 0.410 e. The Bertz CT molecular complexity index is 1990. The van der Waals surface area contributed by atoms with Gasteiger partial charge in [0.25, 0.3) is 0 Å². The van der Waals surface area contributed by atoms with Crippen LogP contribution in [0.1, 0.15) is 72.7 Å². The summed E-state index contributed by atoms with van der Waals surface area (Å²) >= 11 is 0. The lowest BCUT2D eigenvalue weighted by Gasteiger charge is -2.34. The molecule has 2 aromatic carbocycles. The number of aromatic nitrogens is 2. The molecule has 6 rings (SSSR count). The maximum Gasteiger partial charge on any atom is 0.410 e. The number of halogens is 4. The second-order valence-corrected chi connectivity index (χ2v) is 14.8. The van der Waals surface area contributed by atoms with E-state index in [1.165, 1.54) is 30.5 Å². The molecule has 2 aromatic heterocycles. The number of nitrogens with one attached hydrogen (secondary N) is 5. The van der Waals surface area contributed by atoms with Crippen molar-refractivity contribution in [2.45, 2.75) is 93.0 Å². The molecule has 0 spiro atoms. The van der Waals surface area contributed by atoms with Crippen molar-refractivity contribution in [1.82, 2.24) is 20.2 Å². The van der Waals surface area contributed by atoms with E-state index in [-0.39, 0.29) is 63.3 Å². The van der Waals surface area contributed by atoms with E-state index >= 15 is 0 Å². The minimum absolute atomic E-state index is 0. The number of piperidine rings is 2. The minimum atomic E-state index is -0.580. The highest BCUT2D eigenvalue weighted by molar-refractivity contribution is 6.00. The molecule has 19 heteroatoms. The highest BCUT2D eigenvalue weighted by Crippen LogP contribution is 2.26. The standard InChI is InChI=1S/C23H29FN4O4.C18H21FN4O2.CH4O.2CH4.2ClH/c1-15-7-8-17(13-25-15)26-21(29)27-18-10-16(24)11-20(12-18)31-19-6-5-9-28(14-19)22(30)32-23(2,3)4;1-12-4-5-14(10-21-12)22-18(24)23-15-7-13(19)8-17(9-15)25-16-3-2-6-20-11-16;1-2;;;;/h7-8,10-13,19H,5-6,9,14H2,1-4H3,(H2,26,27,29);4-5,7-10,16,20H,2-3,6,11H2,1H3,(H2,22,23,24);2H,1H3;2*1H4;2*1H/t19-;16-;;;;;/m00...../s1. The first-order valence-electron chi connectivity index (χ1n) is 19.2. The normalized spacial score (nSPS) is 15.1. The molecule has 4 aromatic rings. The van der Waals surface area contributed by atoms with Crippen LogP contribution < -0.4 is 36.1 Å². The van der Waals surface area contributed by atoms with Crippen molar-refractivity contribution >= 4 is 65.7 Å². The molecule has 63 heavy (non-hydrogen) atoms. The van der Waals surface area contributed by atoms with Gasteiger partial charge in [-0.05, 0) is 103 Å². The summed E-state index contributed by atoms with van der Waals surface area (Å²) in [5, 5.41) is 20.7. The third kappa shape index (κ3) is 21.0. The fourth-order valence-corrected chi connectivity index (χ4v) is 5.91. The van der Waals surface area contributed by atoms with Crippen LogP contribution in [0, 0.1) is 25.5 Å². The van der Waals surface area contributed by atoms with E-state index in [9.17, 15) is 23.2 Å². The monoisotopic (exact) mass is 924 g/mol. The number of likely N-dealkylation sites (tertiary alicyclic amines) is 1. The number of hydrogen-bond acceptors (Lipinski definition) is 10. The van der Waals surface area contributed by atoms with Crippen LogP contribution >= 0.6 is 24.8 Å². The number of rotatable bonds is 8. The van der Waals surface area contributed by atoms with Gasteiger partial charge in [-0.3, -0.25) is 9.97 Å². The van der Waals surface area contributed by atoms with Crippen LogP contribution in [0.3, 0.4) is 0 Å². The molecule has 0 saturated carbocycles. The Morgan fingerprint density at radius 3 is 1.60 bits per heavy atom. The third-order valence-corrected chi connectivity index (χ3v) is 8.48. The number of carbonyl (C=O) groups excluding carboxylic acids is 3. The SMILES string of the molecule is C.C.CO.Cc1ccc(NC(=O)Nc2cc(F)cc(O[C@H]3CCCN(C(=O)OC(C)(C)C)C3)c2)cn1.Cc1ccc(NC(=O)Nc2cc(F)cc(O[C@H]3CCCNC3)c2)cn1.Cl.Cl. The molecule has 2 saturated heterocycles. The van der Waals surface area contributed by atoms with Crippen molar-refractivity contribution in [2.24, 2.45) is 0 Å². The quantitative estimate of drug-likeness (QED) is 0.0993. The van der Waals surface area contributed by atoms with E-state index < -0.39 is 35.4 Å². The molecule has 15 nitrogen and oxygen atoms in total. The lowest BCUT2D eigenvalue weighted by Crippen LogP contribution is -2.46. The molecule has 2 aliphatic rings. The number of carbonyl (C=O) groups is 3. The van der Waals surface area contributed by atoms with Crippen LogP contribution in [-0.4, -0.2) is 89.2 Å². The molecule has 2 aliphatic heterocycles. The molecule has 5 amide bonds. The van der Waals surface area contributed by atoms with Crippen LogP contribution in [0.4, 0.5) is 45.9 Å². The van der Waals surface area contributed by atoms with Gasteiger partial charge in [-0.1, -0.05) is 14.9 Å². The number of hydrogen-bond donors (Lipinski definition) is 6. The summed E-state index contributed by atoms with van der Waals surface area (Å²) in [5.41, 5.74) is 2.76. The maximum atomic E-state index is 14.1. The third-order valence-electron chi connectivity index (χ3n) is 8.48. The number of aliphatic hydroxyl groups excluding tert-OH is 1. The fraction of sp³-hybridized carbons (Fsp3) is 0.432. The molecule has 0 aliphatic carbocycles. The summed E-state index contributed by atoms with van der Waals surface area (Å²) in [6, 6.07) is 14.2. The molecule has 6 N–H and O–H groups in total. The van der Waals surface area contributed by atoms with Crippen molar-refractivity contribution in [2.75, 3.05) is 54.6 Å². The molecule has 4 heterocycles. The maximum absolute atomic E-state index is 14.1. The second kappa shape index (κ2) is 28.2.